The number of carboxylic acids is 1. The van der Waals surface area contributed by atoms with Crippen LogP contribution in [0.1, 0.15) is 19.8 Å². The molecular formula is C11H21NO5S2. The van der Waals surface area contributed by atoms with Crippen LogP contribution in [0.25, 0.3) is 0 Å². The van der Waals surface area contributed by atoms with Gasteiger partial charge in [0.15, 0.2) is 0 Å². The molecule has 6 nitrogen and oxygen atoms in total. The van der Waals surface area contributed by atoms with E-state index in [-0.39, 0.29) is 11.7 Å². The Morgan fingerprint density at radius 2 is 2.16 bits per heavy atom. The van der Waals surface area contributed by atoms with E-state index in [2.05, 4.69) is 0 Å². The number of sulfonamides is 1. The van der Waals surface area contributed by atoms with Gasteiger partial charge in [0.25, 0.3) is 0 Å². The van der Waals surface area contributed by atoms with Crippen molar-refractivity contribution in [3.05, 3.63) is 0 Å². The highest BCUT2D eigenvalue weighted by Crippen LogP contribution is 2.20. The molecule has 1 N–H and O–H groups in total. The summed E-state index contributed by atoms with van der Waals surface area (Å²) in [6, 6.07) is 0. The summed E-state index contributed by atoms with van der Waals surface area (Å²) in [5.41, 5.74) is 0. The molecule has 0 aliphatic carbocycles. The Morgan fingerprint density at radius 3 is 2.68 bits per heavy atom. The van der Waals surface area contributed by atoms with Gasteiger partial charge in [0.1, 0.15) is 0 Å². The van der Waals surface area contributed by atoms with Crippen molar-refractivity contribution in [3.8, 4) is 0 Å². The molecule has 112 valence electrons. The minimum absolute atomic E-state index is 0.0605. The maximum absolute atomic E-state index is 11.9. The average Bonchev–Trinajstić information content (AvgIpc) is 2.27. The Kier molecular flexibility index (Phi) is 5.94. The van der Waals surface area contributed by atoms with Crippen LogP contribution in [0, 0.1) is 11.8 Å². The first-order chi connectivity index (χ1) is 8.70. The summed E-state index contributed by atoms with van der Waals surface area (Å²) in [4.78, 5) is 10.7. The largest absolute Gasteiger partial charge is 0.481 e. The second kappa shape index (κ2) is 6.81. The van der Waals surface area contributed by atoms with Gasteiger partial charge in [-0.05, 0) is 18.8 Å². The lowest BCUT2D eigenvalue weighted by atomic mass is 10.0. The summed E-state index contributed by atoms with van der Waals surface area (Å²) in [5.74, 6) is -1.01. The summed E-state index contributed by atoms with van der Waals surface area (Å²) < 4.78 is 36.2. The van der Waals surface area contributed by atoms with Gasteiger partial charge in [-0.1, -0.05) is 6.92 Å². The van der Waals surface area contributed by atoms with Gasteiger partial charge in [-0.2, -0.15) is 0 Å². The fourth-order valence-electron chi connectivity index (χ4n) is 2.15. The highest BCUT2D eigenvalue weighted by molar-refractivity contribution is 7.88. The number of piperidine rings is 1. The third kappa shape index (κ3) is 5.58. The van der Waals surface area contributed by atoms with E-state index in [9.17, 15) is 17.4 Å². The molecule has 8 heteroatoms. The van der Waals surface area contributed by atoms with Gasteiger partial charge >= 0.3 is 5.97 Å². The quantitative estimate of drug-likeness (QED) is 0.752. The van der Waals surface area contributed by atoms with Crippen LogP contribution in [0.15, 0.2) is 0 Å². The highest BCUT2D eigenvalue weighted by atomic mass is 32.2. The highest BCUT2D eigenvalue weighted by Gasteiger charge is 2.27. The predicted molar refractivity (Wildman–Crippen MR) is 73.8 cm³/mol. The van der Waals surface area contributed by atoms with Gasteiger partial charge in [-0.25, -0.2) is 12.7 Å². The van der Waals surface area contributed by atoms with Crippen molar-refractivity contribution < 1.29 is 22.5 Å². The second-order valence-electron chi connectivity index (χ2n) is 5.14. The summed E-state index contributed by atoms with van der Waals surface area (Å²) in [7, 11) is -4.40. The molecule has 0 amide bonds. The number of aliphatic carboxylic acids is 1. The summed E-state index contributed by atoms with van der Waals surface area (Å²) >= 11 is 0. The third-order valence-electron chi connectivity index (χ3n) is 3.23. The third-order valence-corrected chi connectivity index (χ3v) is 6.21. The molecule has 1 aliphatic heterocycles. The Hall–Kier alpha value is -0.470. The Morgan fingerprint density at radius 1 is 1.53 bits per heavy atom. The van der Waals surface area contributed by atoms with Crippen LogP contribution >= 0.6 is 0 Å². The SMILES string of the molecule is CC(CS(=O)CC1CCCN(S(C)(=O)=O)C1)C(=O)O. The number of rotatable bonds is 6. The van der Waals surface area contributed by atoms with Crippen molar-refractivity contribution in [2.75, 3.05) is 30.9 Å². The second-order valence-corrected chi connectivity index (χ2v) is 8.67. The van der Waals surface area contributed by atoms with E-state index < -0.39 is 32.7 Å². The molecule has 1 fully saturated rings. The van der Waals surface area contributed by atoms with E-state index in [0.29, 0.717) is 18.8 Å². The van der Waals surface area contributed by atoms with E-state index in [1.807, 2.05) is 0 Å². The van der Waals surface area contributed by atoms with E-state index in [0.717, 1.165) is 12.8 Å². The number of nitrogens with zero attached hydrogens (tertiary/aromatic N) is 1. The van der Waals surface area contributed by atoms with Crippen molar-refractivity contribution in [2.45, 2.75) is 19.8 Å². The van der Waals surface area contributed by atoms with Crippen LogP contribution in [0.2, 0.25) is 0 Å². The molecule has 19 heavy (non-hydrogen) atoms. The van der Waals surface area contributed by atoms with Gasteiger partial charge in [-0.15, -0.1) is 0 Å². The zero-order chi connectivity index (χ0) is 14.6. The molecule has 0 spiro atoms. The van der Waals surface area contributed by atoms with E-state index in [4.69, 9.17) is 5.11 Å². The molecule has 0 bridgehead atoms. The van der Waals surface area contributed by atoms with Crippen LogP contribution in [-0.2, 0) is 25.6 Å². The Labute approximate surface area is 116 Å². The average molecular weight is 311 g/mol. The topological polar surface area (TPSA) is 91.8 Å². The van der Waals surface area contributed by atoms with Crippen molar-refractivity contribution in [1.82, 2.24) is 4.31 Å². The maximum Gasteiger partial charge on any atom is 0.307 e. The number of hydrogen-bond acceptors (Lipinski definition) is 4. The molecule has 1 heterocycles. The molecule has 0 saturated carbocycles. The molecular weight excluding hydrogens is 290 g/mol. The van der Waals surface area contributed by atoms with Gasteiger partial charge in [0.2, 0.25) is 10.0 Å². The minimum Gasteiger partial charge on any atom is -0.481 e. The van der Waals surface area contributed by atoms with Gasteiger partial charge in [0.05, 0.1) is 12.2 Å². The van der Waals surface area contributed by atoms with Crippen LogP contribution in [0.4, 0.5) is 0 Å². The molecule has 0 radical (unpaired) electrons. The normalized spacial score (nSPS) is 24.8. The lowest BCUT2D eigenvalue weighted by Gasteiger charge is -2.30. The van der Waals surface area contributed by atoms with Crippen molar-refractivity contribution in [1.29, 1.82) is 0 Å². The standard InChI is InChI=1S/C11H21NO5S2/c1-9(11(13)14)7-18(15)8-10-4-3-5-12(6-10)19(2,16)17/h9-10H,3-8H2,1-2H3,(H,13,14). The van der Waals surface area contributed by atoms with Crippen molar-refractivity contribution in [2.24, 2.45) is 11.8 Å². The molecule has 1 saturated heterocycles. The fraction of sp³-hybridized carbons (Fsp3) is 0.909. The number of carboxylic acid groups (broad SMARTS) is 1. The number of carbonyl (C=O) groups is 1. The number of hydrogen-bond donors (Lipinski definition) is 1. The van der Waals surface area contributed by atoms with Crippen LogP contribution in [0.5, 0.6) is 0 Å². The monoisotopic (exact) mass is 311 g/mol. The van der Waals surface area contributed by atoms with Crippen LogP contribution in [-0.4, -0.2) is 58.9 Å². The van der Waals surface area contributed by atoms with Gasteiger partial charge in [-0.3, -0.25) is 9.00 Å². The molecule has 3 unspecified atom stereocenters. The smallest absolute Gasteiger partial charge is 0.307 e. The molecule has 0 aromatic carbocycles. The van der Waals surface area contributed by atoms with Gasteiger partial charge in [0, 0.05) is 35.4 Å². The first kappa shape index (κ1) is 16.6. The van der Waals surface area contributed by atoms with Crippen LogP contribution < -0.4 is 0 Å². The first-order valence-electron chi connectivity index (χ1n) is 6.23. The zero-order valence-corrected chi connectivity index (χ0v) is 12.9. The Bertz CT molecular complexity index is 448. The summed E-state index contributed by atoms with van der Waals surface area (Å²) in [6.45, 7) is 2.45. The van der Waals surface area contributed by atoms with Crippen LogP contribution in [0.3, 0.4) is 0 Å². The molecule has 1 aliphatic rings. The van der Waals surface area contributed by atoms with E-state index in [1.54, 1.807) is 0 Å². The summed E-state index contributed by atoms with van der Waals surface area (Å²) in [6.07, 6.45) is 2.79. The van der Waals surface area contributed by atoms with Gasteiger partial charge < -0.3 is 5.11 Å². The van der Waals surface area contributed by atoms with Crippen molar-refractivity contribution in [3.63, 3.8) is 0 Å². The zero-order valence-electron chi connectivity index (χ0n) is 11.2. The van der Waals surface area contributed by atoms with E-state index >= 15 is 0 Å². The first-order valence-corrected chi connectivity index (χ1v) is 9.56. The lowest BCUT2D eigenvalue weighted by Crippen LogP contribution is -2.41. The predicted octanol–water partition coefficient (Wildman–Crippen LogP) is 0.127. The van der Waals surface area contributed by atoms with E-state index in [1.165, 1.54) is 17.5 Å². The maximum atomic E-state index is 11.9. The summed E-state index contributed by atoms with van der Waals surface area (Å²) in [5, 5.41) is 8.76. The van der Waals surface area contributed by atoms with Crippen molar-refractivity contribution >= 4 is 26.8 Å². The minimum atomic E-state index is -3.19. The lowest BCUT2D eigenvalue weighted by molar-refractivity contribution is -0.140. The molecule has 0 aromatic rings. The molecule has 0 aromatic heterocycles. The Balaban J connectivity index is 2.49. The fourth-order valence-corrected chi connectivity index (χ4v) is 4.72. The molecule has 1 rings (SSSR count). The molecule has 3 atom stereocenters.